The molecule has 6 heteroatoms. The molecule has 0 aliphatic heterocycles. The van der Waals surface area contributed by atoms with Crippen molar-refractivity contribution in [1.29, 1.82) is 0 Å². The normalized spacial score (nSPS) is 11.8. The minimum atomic E-state index is -0.251. The minimum Gasteiger partial charge on any atom is -0.493 e. The molecule has 6 nitrogen and oxygen atoms in total. The lowest BCUT2D eigenvalue weighted by Crippen LogP contribution is -2.16. The molecule has 0 heterocycles. The van der Waals surface area contributed by atoms with E-state index < -0.39 is 0 Å². The topological polar surface area (TPSA) is 63.2 Å². The van der Waals surface area contributed by atoms with Crippen molar-refractivity contribution in [2.45, 2.75) is 82.6 Å². The van der Waals surface area contributed by atoms with Crippen molar-refractivity contribution in [3.8, 4) is 28.7 Å². The molecule has 0 bridgehead atoms. The number of ketones is 1. The Morgan fingerprint density at radius 1 is 0.605 bits per heavy atom. The first kappa shape index (κ1) is 36.0. The molecule has 2 aromatic rings. The van der Waals surface area contributed by atoms with Gasteiger partial charge in [-0.15, -0.1) is 0 Å². The van der Waals surface area contributed by atoms with Crippen LogP contribution in [0.2, 0.25) is 0 Å². The quantitative estimate of drug-likeness (QED) is 0.119. The van der Waals surface area contributed by atoms with Crippen molar-refractivity contribution in [3.63, 3.8) is 0 Å². The third kappa shape index (κ3) is 12.2. The first-order chi connectivity index (χ1) is 20.3. The molecule has 0 aliphatic rings. The summed E-state index contributed by atoms with van der Waals surface area (Å²) in [4.78, 5) is 14.3. The second kappa shape index (κ2) is 17.8. The molecule has 0 saturated carbocycles. The van der Waals surface area contributed by atoms with E-state index in [1.807, 2.05) is 18.2 Å². The zero-order chi connectivity index (χ0) is 32.1. The number of hydrogen-bond acceptors (Lipinski definition) is 6. The summed E-state index contributed by atoms with van der Waals surface area (Å²) in [5, 5.41) is 0. The fourth-order valence-electron chi connectivity index (χ4n) is 3.92. The Hall–Kier alpha value is -3.15. The molecule has 0 spiro atoms. The maximum absolute atomic E-state index is 14.3. The lowest BCUT2D eigenvalue weighted by atomic mass is 10.0. The van der Waals surface area contributed by atoms with Crippen LogP contribution in [0.4, 0.5) is 0 Å². The highest BCUT2D eigenvalue weighted by Crippen LogP contribution is 2.46. The van der Waals surface area contributed by atoms with E-state index in [9.17, 15) is 4.79 Å². The Balaban J connectivity index is 2.76. The van der Waals surface area contributed by atoms with Crippen LogP contribution in [0.15, 0.2) is 30.3 Å². The summed E-state index contributed by atoms with van der Waals surface area (Å²) in [7, 11) is 0. The molecule has 0 aliphatic carbocycles. The van der Waals surface area contributed by atoms with E-state index in [4.69, 9.17) is 23.7 Å². The van der Waals surface area contributed by atoms with Crippen molar-refractivity contribution in [2.24, 2.45) is 29.6 Å². The lowest BCUT2D eigenvalue weighted by molar-refractivity contribution is 0.103. The van der Waals surface area contributed by atoms with Gasteiger partial charge in [0.05, 0.1) is 33.0 Å². The second-order valence-corrected chi connectivity index (χ2v) is 13.4. The van der Waals surface area contributed by atoms with Gasteiger partial charge in [0.25, 0.3) is 0 Å². The van der Waals surface area contributed by atoms with E-state index in [1.54, 1.807) is 6.08 Å². The summed E-state index contributed by atoms with van der Waals surface area (Å²) in [5.74, 6) is 3.66. The Kier molecular flexibility index (Phi) is 15.0. The van der Waals surface area contributed by atoms with Crippen molar-refractivity contribution in [1.82, 2.24) is 0 Å². The van der Waals surface area contributed by atoms with Crippen LogP contribution in [-0.2, 0) is 6.42 Å². The highest BCUT2D eigenvalue weighted by atomic mass is 16.5. The molecule has 0 fully saturated rings. The van der Waals surface area contributed by atoms with Crippen LogP contribution >= 0.6 is 0 Å². The van der Waals surface area contributed by atoms with E-state index in [0.29, 0.717) is 67.5 Å². The Morgan fingerprint density at radius 2 is 1.02 bits per heavy atom. The van der Waals surface area contributed by atoms with Crippen molar-refractivity contribution in [3.05, 3.63) is 47.0 Å². The maximum atomic E-state index is 14.3. The highest BCUT2D eigenvalue weighted by Gasteiger charge is 2.28. The molecule has 2 rings (SSSR count). The van der Waals surface area contributed by atoms with Crippen molar-refractivity contribution < 1.29 is 28.5 Å². The Morgan fingerprint density at radius 3 is 1.44 bits per heavy atom. The summed E-state index contributed by atoms with van der Waals surface area (Å²) in [5.41, 5.74) is 2.33. The Bertz CT molecular complexity index is 1130. The van der Waals surface area contributed by atoms with Crippen LogP contribution < -0.4 is 23.7 Å². The molecule has 0 amide bonds. The average molecular weight is 597 g/mol. The first-order valence-corrected chi connectivity index (χ1v) is 16.0. The number of rotatable bonds is 19. The summed E-state index contributed by atoms with van der Waals surface area (Å²) in [6, 6.07) is 7.95. The summed E-state index contributed by atoms with van der Waals surface area (Å²) in [6.07, 6.45) is 4.28. The average Bonchev–Trinajstić information content (AvgIpc) is 2.94. The number of allylic oxidation sites excluding steroid dienone is 1. The van der Waals surface area contributed by atoms with E-state index in [0.717, 1.165) is 17.7 Å². The molecule has 43 heavy (non-hydrogen) atoms. The second-order valence-electron chi connectivity index (χ2n) is 13.4. The molecule has 0 N–H and O–H groups in total. The summed E-state index contributed by atoms with van der Waals surface area (Å²) in [6.45, 7) is 25.4. The number of benzene rings is 2. The van der Waals surface area contributed by atoms with Crippen LogP contribution in [0.3, 0.4) is 0 Å². The van der Waals surface area contributed by atoms with Crippen molar-refractivity contribution in [2.75, 3.05) is 33.0 Å². The van der Waals surface area contributed by atoms with E-state index in [1.165, 1.54) is 5.56 Å². The third-order valence-electron chi connectivity index (χ3n) is 6.15. The number of hydrogen-bond donors (Lipinski definition) is 0. The largest absolute Gasteiger partial charge is 0.493 e. The molecular weight excluding hydrogens is 540 g/mol. The predicted molar refractivity (Wildman–Crippen MR) is 177 cm³/mol. The molecule has 0 aromatic heterocycles. The third-order valence-corrected chi connectivity index (χ3v) is 6.15. The maximum Gasteiger partial charge on any atom is 0.193 e. The van der Waals surface area contributed by atoms with Gasteiger partial charge in [-0.2, -0.15) is 0 Å². The monoisotopic (exact) mass is 596 g/mol. The molecular formula is C37H56O6. The summed E-state index contributed by atoms with van der Waals surface area (Å²) < 4.78 is 31.3. The molecule has 0 saturated heterocycles. The van der Waals surface area contributed by atoms with Gasteiger partial charge in [-0.1, -0.05) is 82.2 Å². The van der Waals surface area contributed by atoms with E-state index in [2.05, 4.69) is 88.3 Å². The number of aryl methyl sites for hydroxylation is 1. The standard InChI is InChI=1S/C37H56O6/c1-12-29-13-16-32(39-19-24(2)3)30(17-29)14-15-31(38)35-36(42-22-27(8)9)33(40-20-25(4)5)18-34(41-21-26(6)7)37(35)43-23-28(10)11/h13-18,24-28H,12,19-23H2,1-11H3/b15-14+. The van der Waals surface area contributed by atoms with Gasteiger partial charge in [-0.05, 0) is 65.9 Å². The van der Waals surface area contributed by atoms with Gasteiger partial charge in [-0.25, -0.2) is 0 Å². The van der Waals surface area contributed by atoms with Crippen LogP contribution in [0.25, 0.3) is 6.08 Å². The van der Waals surface area contributed by atoms with Gasteiger partial charge in [0, 0.05) is 11.6 Å². The van der Waals surface area contributed by atoms with Gasteiger partial charge in [-0.3, -0.25) is 4.79 Å². The lowest BCUT2D eigenvalue weighted by Gasteiger charge is -2.23. The fraction of sp³-hybridized carbons (Fsp3) is 0.595. The number of carbonyl (C=O) groups excluding carboxylic acids is 1. The van der Waals surface area contributed by atoms with Gasteiger partial charge < -0.3 is 23.7 Å². The molecule has 2 aromatic carbocycles. The molecule has 0 unspecified atom stereocenters. The van der Waals surface area contributed by atoms with Crippen molar-refractivity contribution >= 4 is 11.9 Å². The highest BCUT2D eigenvalue weighted by molar-refractivity contribution is 6.11. The molecule has 0 radical (unpaired) electrons. The smallest absolute Gasteiger partial charge is 0.193 e. The van der Waals surface area contributed by atoms with Crippen LogP contribution in [0.5, 0.6) is 28.7 Å². The van der Waals surface area contributed by atoms with E-state index >= 15 is 0 Å². The fourth-order valence-corrected chi connectivity index (χ4v) is 3.92. The van der Waals surface area contributed by atoms with Crippen LogP contribution in [0.1, 0.15) is 97.6 Å². The van der Waals surface area contributed by atoms with Gasteiger partial charge in [0.15, 0.2) is 28.8 Å². The zero-order valence-electron chi connectivity index (χ0n) is 28.5. The van der Waals surface area contributed by atoms with Gasteiger partial charge in [0.2, 0.25) is 0 Å². The zero-order valence-corrected chi connectivity index (χ0v) is 28.5. The first-order valence-electron chi connectivity index (χ1n) is 16.0. The Labute approximate surface area is 261 Å². The van der Waals surface area contributed by atoms with E-state index in [-0.39, 0.29) is 29.5 Å². The SMILES string of the molecule is CCc1ccc(OCC(C)C)c(/C=C/C(=O)c2c(OCC(C)C)c(OCC(C)C)cc(OCC(C)C)c2OCC(C)C)c1. The number of carbonyl (C=O) groups is 1. The molecule has 0 atom stereocenters. The predicted octanol–water partition coefficient (Wildman–Crippen LogP) is 9.32. The van der Waals surface area contributed by atoms with Gasteiger partial charge in [0.1, 0.15) is 11.3 Å². The summed E-state index contributed by atoms with van der Waals surface area (Å²) >= 11 is 0. The van der Waals surface area contributed by atoms with Crippen LogP contribution in [0, 0.1) is 29.6 Å². The number of ether oxygens (including phenoxy) is 5. The van der Waals surface area contributed by atoms with Gasteiger partial charge >= 0.3 is 0 Å². The van der Waals surface area contributed by atoms with Crippen LogP contribution in [-0.4, -0.2) is 38.8 Å². The molecule has 240 valence electrons. The minimum absolute atomic E-state index is 0.241.